The number of amides is 2. The molecule has 0 bridgehead atoms. The van der Waals surface area contributed by atoms with E-state index in [0.29, 0.717) is 5.96 Å². The van der Waals surface area contributed by atoms with Gasteiger partial charge in [0.25, 0.3) is 0 Å². The maximum atomic E-state index is 11.8. The quantitative estimate of drug-likeness (QED) is 0.311. The third-order valence-corrected chi connectivity index (χ3v) is 2.63. The fourth-order valence-electron chi connectivity index (χ4n) is 1.74. The highest BCUT2D eigenvalue weighted by Gasteiger charge is 2.13. The number of hydrogen-bond acceptors (Lipinski definition) is 3. The molecular weight excluding hydrogens is 421 g/mol. The molecule has 7 nitrogen and oxygen atoms in total. The van der Waals surface area contributed by atoms with E-state index in [2.05, 4.69) is 26.3 Å². The summed E-state index contributed by atoms with van der Waals surface area (Å²) in [5.74, 6) is 0.0461. The standard InChI is InChI=1S/C16H25N5O2.HI/c1-16(2,3)21-14(23)11-19-15(17-4)18-10-13(22)20-12-8-6-5-7-9-12;/h5-9H,10-11H2,1-4H3,(H,20,22)(H,21,23)(H2,17,18,19);1H. The zero-order chi connectivity index (χ0) is 17.3. The first-order valence-corrected chi connectivity index (χ1v) is 7.40. The molecule has 0 unspecified atom stereocenters. The summed E-state index contributed by atoms with van der Waals surface area (Å²) in [4.78, 5) is 27.5. The van der Waals surface area contributed by atoms with E-state index >= 15 is 0 Å². The van der Waals surface area contributed by atoms with Crippen molar-refractivity contribution in [2.75, 3.05) is 25.5 Å². The largest absolute Gasteiger partial charge is 0.350 e. The normalized spacial score (nSPS) is 11.1. The number of aliphatic imine (C=N–C) groups is 1. The van der Waals surface area contributed by atoms with Gasteiger partial charge in [-0.15, -0.1) is 24.0 Å². The Morgan fingerprint density at radius 1 is 1.00 bits per heavy atom. The molecule has 0 aliphatic carbocycles. The van der Waals surface area contributed by atoms with Crippen LogP contribution in [-0.4, -0.2) is 43.5 Å². The van der Waals surface area contributed by atoms with Crippen molar-refractivity contribution >= 4 is 47.4 Å². The molecule has 1 rings (SSSR count). The van der Waals surface area contributed by atoms with Crippen LogP contribution in [0.2, 0.25) is 0 Å². The second-order valence-corrected chi connectivity index (χ2v) is 5.99. The summed E-state index contributed by atoms with van der Waals surface area (Å²) in [6.45, 7) is 5.86. The first kappa shape index (κ1) is 22.2. The van der Waals surface area contributed by atoms with Crippen molar-refractivity contribution in [3.05, 3.63) is 30.3 Å². The van der Waals surface area contributed by atoms with Crippen LogP contribution >= 0.6 is 24.0 Å². The minimum atomic E-state index is -0.286. The maximum absolute atomic E-state index is 11.8. The molecule has 0 aromatic heterocycles. The number of carbonyl (C=O) groups excluding carboxylic acids is 2. The monoisotopic (exact) mass is 447 g/mol. The van der Waals surface area contributed by atoms with Gasteiger partial charge in [-0.05, 0) is 32.9 Å². The second-order valence-electron chi connectivity index (χ2n) is 5.99. The Morgan fingerprint density at radius 2 is 1.54 bits per heavy atom. The second kappa shape index (κ2) is 10.8. The van der Waals surface area contributed by atoms with Crippen LogP contribution in [0.1, 0.15) is 20.8 Å². The van der Waals surface area contributed by atoms with Crippen molar-refractivity contribution in [1.29, 1.82) is 0 Å². The van der Waals surface area contributed by atoms with Crippen LogP contribution in [0.5, 0.6) is 0 Å². The molecule has 0 fully saturated rings. The zero-order valence-electron chi connectivity index (χ0n) is 14.5. The molecule has 0 atom stereocenters. The average Bonchev–Trinajstić information content (AvgIpc) is 2.46. The van der Waals surface area contributed by atoms with Crippen LogP contribution in [0.4, 0.5) is 5.69 Å². The first-order valence-electron chi connectivity index (χ1n) is 7.40. The van der Waals surface area contributed by atoms with Gasteiger partial charge in [-0.1, -0.05) is 18.2 Å². The fraction of sp³-hybridized carbons (Fsp3) is 0.438. The molecule has 0 spiro atoms. The number of guanidine groups is 1. The highest BCUT2D eigenvalue weighted by Crippen LogP contribution is 2.03. The lowest BCUT2D eigenvalue weighted by Crippen LogP contribution is -2.49. The maximum Gasteiger partial charge on any atom is 0.243 e. The number of halogens is 1. The molecule has 0 saturated carbocycles. The summed E-state index contributed by atoms with van der Waals surface area (Å²) in [7, 11) is 1.58. The van der Waals surface area contributed by atoms with Gasteiger partial charge < -0.3 is 21.3 Å². The molecule has 24 heavy (non-hydrogen) atoms. The van der Waals surface area contributed by atoms with Crippen molar-refractivity contribution in [1.82, 2.24) is 16.0 Å². The minimum Gasteiger partial charge on any atom is -0.350 e. The lowest BCUT2D eigenvalue weighted by atomic mass is 10.1. The molecule has 2 amide bonds. The van der Waals surface area contributed by atoms with Crippen LogP contribution in [0, 0.1) is 0 Å². The Balaban J connectivity index is 0.00000529. The van der Waals surface area contributed by atoms with Crippen molar-refractivity contribution in [2.24, 2.45) is 4.99 Å². The van der Waals surface area contributed by atoms with Crippen LogP contribution in [-0.2, 0) is 9.59 Å². The highest BCUT2D eigenvalue weighted by atomic mass is 127. The Hall–Kier alpha value is -1.84. The van der Waals surface area contributed by atoms with Crippen LogP contribution < -0.4 is 21.3 Å². The van der Waals surface area contributed by atoms with E-state index in [4.69, 9.17) is 0 Å². The van der Waals surface area contributed by atoms with Gasteiger partial charge in [-0.2, -0.15) is 0 Å². The first-order chi connectivity index (χ1) is 10.8. The van der Waals surface area contributed by atoms with E-state index in [-0.39, 0.29) is 54.4 Å². The molecule has 4 N–H and O–H groups in total. The van der Waals surface area contributed by atoms with E-state index in [9.17, 15) is 9.59 Å². The number of nitrogens with zero attached hydrogens (tertiary/aromatic N) is 1. The Kier molecular flexibility index (Phi) is 10.0. The van der Waals surface area contributed by atoms with E-state index in [1.807, 2.05) is 51.1 Å². The average molecular weight is 447 g/mol. The molecular formula is C16H26IN5O2. The Morgan fingerprint density at radius 3 is 2.04 bits per heavy atom. The number of hydrogen-bond donors (Lipinski definition) is 4. The Bertz CT molecular complexity index is 555. The van der Waals surface area contributed by atoms with Crippen molar-refractivity contribution in [3.63, 3.8) is 0 Å². The zero-order valence-corrected chi connectivity index (χ0v) is 16.8. The summed E-state index contributed by atoms with van der Waals surface area (Å²) in [6.07, 6.45) is 0. The smallest absolute Gasteiger partial charge is 0.243 e. The fourth-order valence-corrected chi connectivity index (χ4v) is 1.74. The van der Waals surface area contributed by atoms with Crippen molar-refractivity contribution in [2.45, 2.75) is 26.3 Å². The van der Waals surface area contributed by atoms with Gasteiger partial charge >= 0.3 is 0 Å². The molecule has 1 aromatic carbocycles. The van der Waals surface area contributed by atoms with Gasteiger partial charge in [0.1, 0.15) is 0 Å². The lowest BCUT2D eigenvalue weighted by Gasteiger charge is -2.21. The molecule has 0 saturated heterocycles. The molecule has 1 aromatic rings. The van der Waals surface area contributed by atoms with E-state index < -0.39 is 0 Å². The number of nitrogens with one attached hydrogen (secondary N) is 4. The number of carbonyl (C=O) groups is 2. The topological polar surface area (TPSA) is 94.6 Å². The summed E-state index contributed by atoms with van der Waals surface area (Å²) < 4.78 is 0. The number of rotatable bonds is 5. The van der Waals surface area contributed by atoms with E-state index in [0.717, 1.165) is 5.69 Å². The van der Waals surface area contributed by atoms with Gasteiger partial charge in [0, 0.05) is 18.3 Å². The van der Waals surface area contributed by atoms with Crippen LogP contribution in [0.3, 0.4) is 0 Å². The minimum absolute atomic E-state index is 0. The number of benzene rings is 1. The SMILES string of the molecule is CN=C(NCC(=O)Nc1ccccc1)NCC(=O)NC(C)(C)C.I. The summed E-state index contributed by atoms with van der Waals surface area (Å²) in [6, 6.07) is 9.18. The van der Waals surface area contributed by atoms with Crippen molar-refractivity contribution < 1.29 is 9.59 Å². The molecule has 134 valence electrons. The lowest BCUT2D eigenvalue weighted by molar-refractivity contribution is -0.121. The van der Waals surface area contributed by atoms with Crippen LogP contribution in [0.15, 0.2) is 35.3 Å². The third kappa shape index (κ3) is 10.0. The predicted octanol–water partition coefficient (Wildman–Crippen LogP) is 1.32. The molecule has 0 heterocycles. The van der Waals surface area contributed by atoms with Gasteiger partial charge in [-0.3, -0.25) is 14.6 Å². The molecule has 0 aliphatic rings. The van der Waals surface area contributed by atoms with Gasteiger partial charge in [0.15, 0.2) is 5.96 Å². The highest BCUT2D eigenvalue weighted by molar-refractivity contribution is 14.0. The molecule has 8 heteroatoms. The van der Waals surface area contributed by atoms with Gasteiger partial charge in [0.2, 0.25) is 11.8 Å². The van der Waals surface area contributed by atoms with Gasteiger partial charge in [-0.25, -0.2) is 0 Å². The number of anilines is 1. The van der Waals surface area contributed by atoms with Gasteiger partial charge in [0.05, 0.1) is 13.1 Å². The summed E-state index contributed by atoms with van der Waals surface area (Å²) in [5.41, 5.74) is 0.442. The predicted molar refractivity (Wildman–Crippen MR) is 108 cm³/mol. The Labute approximate surface area is 160 Å². The summed E-state index contributed by atoms with van der Waals surface area (Å²) >= 11 is 0. The molecule has 0 aliphatic heterocycles. The van der Waals surface area contributed by atoms with E-state index in [1.54, 1.807) is 7.05 Å². The number of para-hydroxylation sites is 1. The van der Waals surface area contributed by atoms with E-state index in [1.165, 1.54) is 0 Å². The summed E-state index contributed by atoms with van der Waals surface area (Å²) in [5, 5.41) is 11.3. The van der Waals surface area contributed by atoms with Crippen molar-refractivity contribution in [3.8, 4) is 0 Å². The molecule has 0 radical (unpaired) electrons. The van der Waals surface area contributed by atoms with Crippen LogP contribution in [0.25, 0.3) is 0 Å². The third-order valence-electron chi connectivity index (χ3n) is 2.63.